The van der Waals surface area contributed by atoms with Crippen LogP contribution in [0.3, 0.4) is 0 Å². The lowest BCUT2D eigenvalue weighted by molar-refractivity contribution is -0.121. The van der Waals surface area contributed by atoms with Crippen LogP contribution in [0.5, 0.6) is 0 Å². The fourth-order valence-electron chi connectivity index (χ4n) is 3.44. The Morgan fingerprint density at radius 3 is 2.71 bits per heavy atom. The second-order valence-corrected chi connectivity index (χ2v) is 9.35. The normalized spacial score (nSPS) is 13.7. The van der Waals surface area contributed by atoms with Gasteiger partial charge in [0.15, 0.2) is 5.84 Å². The van der Waals surface area contributed by atoms with Gasteiger partial charge in [0.2, 0.25) is 5.04 Å². The van der Waals surface area contributed by atoms with Gasteiger partial charge in [0.25, 0.3) is 5.91 Å². The van der Waals surface area contributed by atoms with Gasteiger partial charge in [0.05, 0.1) is 0 Å². The van der Waals surface area contributed by atoms with Crippen molar-refractivity contribution >= 4 is 40.1 Å². The molecule has 5 nitrogen and oxygen atoms in total. The van der Waals surface area contributed by atoms with Crippen LogP contribution in [0.25, 0.3) is 0 Å². The second-order valence-electron chi connectivity index (χ2n) is 7.79. The highest BCUT2D eigenvalue weighted by molar-refractivity contribution is 8.13. The van der Waals surface area contributed by atoms with Crippen molar-refractivity contribution in [2.75, 3.05) is 13.6 Å². The monoisotopic (exact) mass is 459 g/mol. The number of amidine groups is 1. The smallest absolute Gasteiger partial charge is 0.293 e. The number of hydrogen-bond donors (Lipinski definition) is 2. The average Bonchev–Trinajstić information content (AvgIpc) is 2.76. The number of nitrogens with zero attached hydrogens (tertiary/aromatic N) is 2. The van der Waals surface area contributed by atoms with Crippen molar-refractivity contribution in [3.05, 3.63) is 70.5 Å². The zero-order valence-corrected chi connectivity index (χ0v) is 20.3. The number of allylic oxidation sites excluding steroid dienone is 3. The van der Waals surface area contributed by atoms with E-state index in [1.165, 1.54) is 38.9 Å². The highest BCUT2D eigenvalue weighted by Gasteiger charge is 2.26. The zero-order chi connectivity index (χ0) is 23.1. The van der Waals surface area contributed by atoms with Crippen LogP contribution in [-0.4, -0.2) is 40.2 Å². The largest absolute Gasteiger partial charge is 0.318 e. The van der Waals surface area contributed by atoms with Crippen LogP contribution in [0.4, 0.5) is 0 Å². The molecule has 0 fully saturated rings. The lowest BCUT2D eigenvalue weighted by atomic mass is 9.98. The molecule has 3 N–H and O–H groups in total. The molecule has 31 heavy (non-hydrogen) atoms. The lowest BCUT2D eigenvalue weighted by Crippen LogP contribution is -2.48. The van der Waals surface area contributed by atoms with E-state index in [0.29, 0.717) is 11.0 Å². The van der Waals surface area contributed by atoms with Crippen LogP contribution < -0.4 is 5.41 Å². The van der Waals surface area contributed by atoms with Gasteiger partial charge in [0.1, 0.15) is 6.54 Å². The number of carbonyl (C=O) groups is 1. The van der Waals surface area contributed by atoms with Gasteiger partial charge in [0, 0.05) is 23.5 Å². The van der Waals surface area contributed by atoms with E-state index >= 15 is 0 Å². The molecule has 0 heterocycles. The maximum absolute atomic E-state index is 12.9. The van der Waals surface area contributed by atoms with Crippen LogP contribution in [0, 0.1) is 5.41 Å². The Balaban J connectivity index is 2.01. The van der Waals surface area contributed by atoms with Crippen LogP contribution in [0.15, 0.2) is 59.4 Å². The molecule has 2 rings (SSSR count). The van der Waals surface area contributed by atoms with Crippen molar-refractivity contribution in [3.8, 4) is 0 Å². The molecule has 0 spiro atoms. The number of rotatable bonds is 7. The van der Waals surface area contributed by atoms with E-state index in [1.54, 1.807) is 7.05 Å². The Labute approximate surface area is 194 Å². The fraction of sp³-hybridized carbons (Fsp3) is 0.375. The van der Waals surface area contributed by atoms with Crippen molar-refractivity contribution in [3.63, 3.8) is 0 Å². The number of thioether (sulfide) groups is 1. The molecule has 0 radical (unpaired) electrons. The number of carbonyl (C=O) groups excluding carboxylic acids is 1. The summed E-state index contributed by atoms with van der Waals surface area (Å²) in [6.45, 7) is 10.2. The number of nitrogens with two attached hydrogens (primary N) is 1. The molecular formula is C24H32ClN4OS+. The number of halogens is 1. The zero-order valence-electron chi connectivity index (χ0n) is 18.7. The standard InChI is InChI=1S/C24H31ClN4OS/c1-6-29(14-22(26)31-15-18-10-7-8-11-19(18)16(2)3)23(27)24(30)28(5)21-13-9-12-20(25)17(21)4/h6-8,10-11,13,16,26-27H,1,9,12,14-15H2,2-5H3/p+1. The predicted octanol–water partition coefficient (Wildman–Crippen LogP) is 4.27. The maximum atomic E-state index is 12.9. The minimum absolute atomic E-state index is 0.181. The van der Waals surface area contributed by atoms with E-state index in [0.717, 1.165) is 34.9 Å². The molecule has 0 atom stereocenters. The highest BCUT2D eigenvalue weighted by atomic mass is 35.5. The molecule has 1 aromatic rings. The van der Waals surface area contributed by atoms with Gasteiger partial charge in [-0.05, 0) is 48.6 Å². The third kappa shape index (κ3) is 6.34. The number of nitrogens with one attached hydrogen (secondary N) is 1. The quantitative estimate of drug-likeness (QED) is 0.472. The summed E-state index contributed by atoms with van der Waals surface area (Å²) in [4.78, 5) is 15.9. The molecule has 1 aromatic carbocycles. The molecule has 1 aliphatic rings. The predicted molar refractivity (Wildman–Crippen MR) is 132 cm³/mol. The highest BCUT2D eigenvalue weighted by Crippen LogP contribution is 2.29. The fourth-order valence-corrected chi connectivity index (χ4v) is 4.48. The molecular weight excluding hydrogens is 428 g/mol. The van der Waals surface area contributed by atoms with E-state index in [-0.39, 0.29) is 12.4 Å². The Kier molecular flexibility index (Phi) is 9.14. The Morgan fingerprint density at radius 1 is 1.39 bits per heavy atom. The van der Waals surface area contributed by atoms with Gasteiger partial charge in [-0.1, -0.05) is 74.1 Å². The first-order valence-electron chi connectivity index (χ1n) is 10.3. The molecule has 0 unspecified atom stereocenters. The topological polar surface area (TPSA) is 73.0 Å². The molecule has 1 aliphatic carbocycles. The summed E-state index contributed by atoms with van der Waals surface area (Å²) < 4.78 is 0. The van der Waals surface area contributed by atoms with Crippen molar-refractivity contribution in [2.24, 2.45) is 0 Å². The first kappa shape index (κ1) is 25.0. The van der Waals surface area contributed by atoms with Crippen LogP contribution in [-0.2, 0) is 10.5 Å². The summed E-state index contributed by atoms with van der Waals surface area (Å²) in [6, 6.07) is 8.33. The summed E-state index contributed by atoms with van der Waals surface area (Å²) in [6.07, 6.45) is 5.00. The Hall–Kier alpha value is -2.31. The Bertz CT molecular complexity index is 935. The molecule has 1 amide bonds. The van der Waals surface area contributed by atoms with Crippen molar-refractivity contribution in [1.29, 1.82) is 5.41 Å². The third-order valence-electron chi connectivity index (χ3n) is 5.29. The molecule has 0 saturated heterocycles. The van der Waals surface area contributed by atoms with E-state index in [1.807, 2.05) is 25.1 Å². The molecule has 0 saturated carbocycles. The third-order valence-corrected chi connectivity index (χ3v) is 6.71. The maximum Gasteiger partial charge on any atom is 0.293 e. The molecule has 0 bridgehead atoms. The minimum Gasteiger partial charge on any atom is -0.318 e. The number of amides is 1. The van der Waals surface area contributed by atoms with Crippen LogP contribution in [0.2, 0.25) is 0 Å². The number of likely N-dealkylation sites (N-methyl/N-ethyl adjacent to an activating group) is 1. The summed E-state index contributed by atoms with van der Waals surface area (Å²) in [5, 5.41) is 16.0. The Morgan fingerprint density at radius 2 is 2.06 bits per heavy atom. The van der Waals surface area contributed by atoms with Gasteiger partial charge < -0.3 is 9.80 Å². The minimum atomic E-state index is -0.431. The van der Waals surface area contributed by atoms with E-state index in [9.17, 15) is 4.79 Å². The summed E-state index contributed by atoms with van der Waals surface area (Å²) >= 11 is 7.78. The van der Waals surface area contributed by atoms with E-state index < -0.39 is 5.91 Å². The first-order valence-corrected chi connectivity index (χ1v) is 11.7. The first-order chi connectivity index (χ1) is 14.7. The van der Waals surface area contributed by atoms with Crippen LogP contribution in [0.1, 0.15) is 50.7 Å². The molecule has 0 aromatic heterocycles. The summed E-state index contributed by atoms with van der Waals surface area (Å²) in [7, 11) is 1.66. The number of benzene rings is 1. The van der Waals surface area contributed by atoms with E-state index in [4.69, 9.17) is 22.4 Å². The molecule has 166 valence electrons. The van der Waals surface area contributed by atoms with Gasteiger partial charge in [-0.3, -0.25) is 15.6 Å². The summed E-state index contributed by atoms with van der Waals surface area (Å²) in [5.74, 6) is 0.560. The van der Waals surface area contributed by atoms with Crippen molar-refractivity contribution in [2.45, 2.75) is 45.3 Å². The van der Waals surface area contributed by atoms with Crippen molar-refractivity contribution in [1.82, 2.24) is 9.80 Å². The average molecular weight is 460 g/mol. The molecule has 7 heteroatoms. The van der Waals surface area contributed by atoms with Crippen LogP contribution >= 0.6 is 23.4 Å². The number of hydrogen-bond acceptors (Lipinski definition) is 3. The van der Waals surface area contributed by atoms with Gasteiger partial charge in [-0.15, -0.1) is 0 Å². The van der Waals surface area contributed by atoms with Gasteiger partial charge in [-0.25, -0.2) is 0 Å². The summed E-state index contributed by atoms with van der Waals surface area (Å²) in [5.41, 5.74) is 4.15. The lowest BCUT2D eigenvalue weighted by Gasteiger charge is -2.27. The second kappa shape index (κ2) is 11.3. The van der Waals surface area contributed by atoms with Gasteiger partial charge >= 0.3 is 0 Å². The molecule has 0 aliphatic heterocycles. The van der Waals surface area contributed by atoms with E-state index in [2.05, 4.69) is 32.6 Å². The SMILES string of the molecule is C=CN(CC(=[NH2+])SCc1ccccc1C(C)C)C(=N)C(=O)N(C)C1=CCCC(Cl)=C1C. The van der Waals surface area contributed by atoms with Crippen molar-refractivity contribution < 1.29 is 10.2 Å². The van der Waals surface area contributed by atoms with Gasteiger partial charge in [-0.2, -0.15) is 0 Å².